The molecule has 1 amide bonds. The summed E-state index contributed by atoms with van der Waals surface area (Å²) in [5, 5.41) is 2.68. The van der Waals surface area contributed by atoms with Gasteiger partial charge in [0.15, 0.2) is 11.5 Å². The predicted molar refractivity (Wildman–Crippen MR) is 110 cm³/mol. The number of hydrogen-bond donors (Lipinski definition) is 2. The van der Waals surface area contributed by atoms with Crippen molar-refractivity contribution < 1.29 is 27.4 Å². The molecule has 0 spiro atoms. The van der Waals surface area contributed by atoms with Crippen LogP contribution >= 0.6 is 0 Å². The van der Waals surface area contributed by atoms with Crippen LogP contribution in [0, 0.1) is 5.92 Å². The van der Waals surface area contributed by atoms with Crippen molar-refractivity contribution in [2.24, 2.45) is 5.92 Å². The standard InChI is InChI=1S/C20H25N3O6S/c1-13(2)19(20(24)22-14-5-8-18(27-3)21-12-14)23-30(25,26)15-6-7-16-17(11-15)29-10-4-9-28-16/h5-8,11-13,19,23H,4,9-10H2,1-3H3,(H,22,24)/t19-/m0/s1. The first-order valence-corrected chi connectivity index (χ1v) is 11.0. The van der Waals surface area contributed by atoms with Gasteiger partial charge in [-0.15, -0.1) is 0 Å². The van der Waals surface area contributed by atoms with Gasteiger partial charge in [-0.2, -0.15) is 4.72 Å². The van der Waals surface area contributed by atoms with E-state index in [4.69, 9.17) is 14.2 Å². The highest BCUT2D eigenvalue weighted by Crippen LogP contribution is 2.32. The lowest BCUT2D eigenvalue weighted by Crippen LogP contribution is -2.47. The number of nitrogens with one attached hydrogen (secondary N) is 2. The van der Waals surface area contributed by atoms with Crippen molar-refractivity contribution >= 4 is 21.6 Å². The number of aromatic nitrogens is 1. The number of pyridine rings is 1. The molecule has 0 saturated carbocycles. The monoisotopic (exact) mass is 435 g/mol. The largest absolute Gasteiger partial charge is 0.490 e. The fraction of sp³-hybridized carbons (Fsp3) is 0.400. The molecule has 0 fully saturated rings. The second kappa shape index (κ2) is 9.31. The van der Waals surface area contributed by atoms with E-state index in [0.717, 1.165) is 0 Å². The van der Waals surface area contributed by atoms with Crippen LogP contribution in [0.1, 0.15) is 20.3 Å². The van der Waals surface area contributed by atoms with Gasteiger partial charge in [-0.05, 0) is 24.1 Å². The van der Waals surface area contributed by atoms with Crippen molar-refractivity contribution in [3.63, 3.8) is 0 Å². The van der Waals surface area contributed by atoms with Gasteiger partial charge in [0, 0.05) is 18.6 Å². The van der Waals surface area contributed by atoms with Gasteiger partial charge in [0.1, 0.15) is 6.04 Å². The van der Waals surface area contributed by atoms with Crippen molar-refractivity contribution in [1.29, 1.82) is 0 Å². The van der Waals surface area contributed by atoms with Crippen LogP contribution in [-0.4, -0.2) is 45.7 Å². The summed E-state index contributed by atoms with van der Waals surface area (Å²) in [6, 6.07) is 6.63. The van der Waals surface area contributed by atoms with E-state index in [9.17, 15) is 13.2 Å². The summed E-state index contributed by atoms with van der Waals surface area (Å²) < 4.78 is 44.5. The summed E-state index contributed by atoms with van der Waals surface area (Å²) in [7, 11) is -2.49. The molecule has 1 aromatic heterocycles. The summed E-state index contributed by atoms with van der Waals surface area (Å²) in [4.78, 5) is 16.8. The van der Waals surface area contributed by atoms with Crippen LogP contribution in [-0.2, 0) is 14.8 Å². The number of nitrogens with zero attached hydrogens (tertiary/aromatic N) is 1. The zero-order chi connectivity index (χ0) is 21.7. The molecule has 0 saturated heterocycles. The first kappa shape index (κ1) is 21.8. The van der Waals surface area contributed by atoms with Crippen molar-refractivity contribution in [2.45, 2.75) is 31.2 Å². The van der Waals surface area contributed by atoms with Gasteiger partial charge in [-0.25, -0.2) is 13.4 Å². The Kier molecular flexibility index (Phi) is 6.78. The fourth-order valence-electron chi connectivity index (χ4n) is 2.83. The number of sulfonamides is 1. The molecule has 0 bridgehead atoms. The third kappa shape index (κ3) is 5.19. The fourth-order valence-corrected chi connectivity index (χ4v) is 4.19. The highest BCUT2D eigenvalue weighted by atomic mass is 32.2. The number of benzene rings is 1. The van der Waals surface area contributed by atoms with Gasteiger partial charge in [0.25, 0.3) is 0 Å². The molecule has 9 nitrogen and oxygen atoms in total. The lowest BCUT2D eigenvalue weighted by Gasteiger charge is -2.22. The Labute approximate surface area is 175 Å². The zero-order valence-corrected chi connectivity index (χ0v) is 17.9. The summed E-state index contributed by atoms with van der Waals surface area (Å²) in [6.07, 6.45) is 2.15. The normalized spacial score (nSPS) is 14.7. The maximum atomic E-state index is 12.9. The van der Waals surface area contributed by atoms with E-state index in [0.29, 0.717) is 42.7 Å². The van der Waals surface area contributed by atoms with Gasteiger partial charge >= 0.3 is 0 Å². The van der Waals surface area contributed by atoms with Crippen molar-refractivity contribution in [1.82, 2.24) is 9.71 Å². The Bertz CT molecular complexity index is 992. The van der Waals surface area contributed by atoms with E-state index in [1.165, 1.54) is 25.4 Å². The Balaban J connectivity index is 1.77. The van der Waals surface area contributed by atoms with E-state index >= 15 is 0 Å². The number of methoxy groups -OCH3 is 1. The molecule has 1 aliphatic heterocycles. The number of carbonyl (C=O) groups excluding carboxylic acids is 1. The molecule has 1 aliphatic rings. The number of ether oxygens (including phenoxy) is 3. The van der Waals surface area contributed by atoms with E-state index in [2.05, 4.69) is 15.0 Å². The molecular weight excluding hydrogens is 410 g/mol. The molecule has 162 valence electrons. The average molecular weight is 436 g/mol. The number of hydrogen-bond acceptors (Lipinski definition) is 7. The molecule has 0 radical (unpaired) electrons. The van der Waals surface area contributed by atoms with Gasteiger partial charge in [0.05, 0.1) is 37.1 Å². The number of anilines is 1. The second-order valence-electron chi connectivity index (χ2n) is 7.08. The number of amides is 1. The van der Waals surface area contributed by atoms with E-state index < -0.39 is 22.0 Å². The molecule has 10 heteroatoms. The van der Waals surface area contributed by atoms with E-state index in [1.54, 1.807) is 32.0 Å². The van der Waals surface area contributed by atoms with Gasteiger partial charge < -0.3 is 19.5 Å². The lowest BCUT2D eigenvalue weighted by atomic mass is 10.1. The van der Waals surface area contributed by atoms with Crippen LogP contribution in [0.3, 0.4) is 0 Å². The maximum absolute atomic E-state index is 12.9. The van der Waals surface area contributed by atoms with Crippen LogP contribution in [0.25, 0.3) is 0 Å². The van der Waals surface area contributed by atoms with Crippen LogP contribution in [0.4, 0.5) is 5.69 Å². The third-order valence-corrected chi connectivity index (χ3v) is 5.91. The average Bonchev–Trinajstić information content (AvgIpc) is 2.97. The minimum absolute atomic E-state index is 0.00341. The Morgan fingerprint density at radius 3 is 2.50 bits per heavy atom. The molecule has 3 rings (SSSR count). The number of carbonyl (C=O) groups is 1. The molecule has 0 aliphatic carbocycles. The molecule has 1 aromatic carbocycles. The predicted octanol–water partition coefficient (Wildman–Crippen LogP) is 2.19. The molecule has 0 unspecified atom stereocenters. The van der Waals surface area contributed by atoms with Crippen LogP contribution < -0.4 is 24.2 Å². The third-order valence-electron chi connectivity index (χ3n) is 4.47. The SMILES string of the molecule is COc1ccc(NC(=O)[C@@H](NS(=O)(=O)c2ccc3c(c2)OCCCO3)C(C)C)cn1. The van der Waals surface area contributed by atoms with Crippen molar-refractivity contribution in [3.8, 4) is 17.4 Å². The van der Waals surface area contributed by atoms with Gasteiger partial charge in [-0.3, -0.25) is 4.79 Å². The molecule has 2 N–H and O–H groups in total. The summed E-state index contributed by atoms with van der Waals surface area (Å²) in [5.41, 5.74) is 0.432. The topological polar surface area (TPSA) is 116 Å². The first-order valence-electron chi connectivity index (χ1n) is 9.53. The highest BCUT2D eigenvalue weighted by Gasteiger charge is 2.29. The molecule has 2 heterocycles. The molecular formula is C20H25N3O6S. The quantitative estimate of drug-likeness (QED) is 0.685. The summed E-state index contributed by atoms with van der Waals surface area (Å²) in [6.45, 7) is 4.46. The van der Waals surface area contributed by atoms with Crippen LogP contribution in [0.15, 0.2) is 41.4 Å². The summed E-state index contributed by atoms with van der Waals surface area (Å²) >= 11 is 0. The van der Waals surface area contributed by atoms with E-state index in [1.807, 2.05) is 0 Å². The van der Waals surface area contributed by atoms with Crippen molar-refractivity contribution in [3.05, 3.63) is 36.5 Å². The van der Waals surface area contributed by atoms with Gasteiger partial charge in [-0.1, -0.05) is 13.8 Å². The summed E-state index contributed by atoms with van der Waals surface area (Å²) in [5.74, 6) is 0.478. The Morgan fingerprint density at radius 1 is 1.13 bits per heavy atom. The van der Waals surface area contributed by atoms with Crippen LogP contribution in [0.5, 0.6) is 17.4 Å². The Hall–Kier alpha value is -2.85. The van der Waals surface area contributed by atoms with Crippen LogP contribution in [0.2, 0.25) is 0 Å². The number of rotatable bonds is 7. The first-order chi connectivity index (χ1) is 14.3. The molecule has 1 atom stereocenters. The molecule has 30 heavy (non-hydrogen) atoms. The van der Waals surface area contributed by atoms with E-state index in [-0.39, 0.29) is 10.8 Å². The maximum Gasteiger partial charge on any atom is 0.242 e. The minimum atomic E-state index is -3.98. The minimum Gasteiger partial charge on any atom is -0.490 e. The lowest BCUT2D eigenvalue weighted by molar-refractivity contribution is -0.118. The van der Waals surface area contributed by atoms with Gasteiger partial charge in [0.2, 0.25) is 21.8 Å². The Morgan fingerprint density at radius 2 is 1.87 bits per heavy atom. The zero-order valence-electron chi connectivity index (χ0n) is 17.0. The second-order valence-corrected chi connectivity index (χ2v) is 8.79. The van der Waals surface area contributed by atoms with Crippen molar-refractivity contribution in [2.75, 3.05) is 25.6 Å². The highest BCUT2D eigenvalue weighted by molar-refractivity contribution is 7.89. The smallest absolute Gasteiger partial charge is 0.242 e. The molecule has 2 aromatic rings. The number of fused-ring (bicyclic) bond motifs is 1.